The number of amidine groups is 1. The van der Waals surface area contributed by atoms with E-state index in [9.17, 15) is 0 Å². The van der Waals surface area contributed by atoms with E-state index in [1.54, 1.807) is 0 Å². The lowest BCUT2D eigenvalue weighted by molar-refractivity contribution is -0.0588. The molecule has 0 radical (unpaired) electrons. The van der Waals surface area contributed by atoms with Crippen molar-refractivity contribution in [2.45, 2.75) is 12.2 Å². The van der Waals surface area contributed by atoms with Gasteiger partial charge in [0.05, 0.1) is 19.3 Å². The van der Waals surface area contributed by atoms with Crippen molar-refractivity contribution in [3.05, 3.63) is 0 Å². The van der Waals surface area contributed by atoms with Gasteiger partial charge in [0, 0.05) is 32.7 Å². The summed E-state index contributed by atoms with van der Waals surface area (Å²) in [6.45, 7) is 5.71. The first kappa shape index (κ1) is 13.5. The number of hydrogen-bond acceptors (Lipinski definition) is 6. The fraction of sp³-hybridized carbons (Fsp3) is 0.909. The van der Waals surface area contributed by atoms with Crippen LogP contribution in [0.4, 0.5) is 0 Å². The lowest BCUT2D eigenvalue weighted by Gasteiger charge is -2.37. The van der Waals surface area contributed by atoms with Crippen LogP contribution in [0.25, 0.3) is 0 Å². The minimum absolute atomic E-state index is 0.140. The summed E-state index contributed by atoms with van der Waals surface area (Å²) in [7, 11) is 2.11. The number of nitrogens with zero attached hydrogens (tertiary/aromatic N) is 3. The van der Waals surface area contributed by atoms with Crippen LogP contribution in [0.5, 0.6) is 0 Å². The first-order valence-corrected chi connectivity index (χ1v) is 6.30. The molecule has 2 saturated heterocycles. The molecule has 0 bridgehead atoms. The molecule has 7 nitrogen and oxygen atoms in total. The van der Waals surface area contributed by atoms with E-state index in [0.717, 1.165) is 32.8 Å². The minimum atomic E-state index is -0.315. The second-order valence-electron chi connectivity index (χ2n) is 4.90. The van der Waals surface area contributed by atoms with Crippen LogP contribution in [-0.2, 0) is 9.47 Å². The van der Waals surface area contributed by atoms with Gasteiger partial charge >= 0.3 is 0 Å². The highest BCUT2D eigenvalue weighted by molar-refractivity contribution is 5.84. The van der Waals surface area contributed by atoms with Gasteiger partial charge in [-0.2, -0.15) is 0 Å². The molecule has 2 atom stereocenters. The van der Waals surface area contributed by atoms with Gasteiger partial charge in [-0.15, -0.1) is 0 Å². The molecule has 0 aromatic heterocycles. The zero-order valence-corrected chi connectivity index (χ0v) is 10.8. The van der Waals surface area contributed by atoms with Gasteiger partial charge in [-0.3, -0.25) is 4.90 Å². The molecule has 2 fully saturated rings. The van der Waals surface area contributed by atoms with E-state index >= 15 is 0 Å². The average Bonchev–Trinajstić information content (AvgIpc) is 2.38. The highest BCUT2D eigenvalue weighted by Crippen LogP contribution is 2.10. The summed E-state index contributed by atoms with van der Waals surface area (Å²) in [6, 6.07) is 0. The van der Waals surface area contributed by atoms with Gasteiger partial charge in [-0.05, 0) is 7.05 Å². The normalized spacial score (nSPS) is 32.6. The summed E-state index contributed by atoms with van der Waals surface area (Å²) in [4.78, 5) is 4.52. The van der Waals surface area contributed by atoms with Crippen molar-refractivity contribution in [3.8, 4) is 0 Å². The van der Waals surface area contributed by atoms with Crippen LogP contribution < -0.4 is 5.73 Å². The molecule has 2 aliphatic heterocycles. The number of oxime groups is 1. The molecular weight excluding hydrogens is 236 g/mol. The molecular formula is C11H22N4O3. The molecule has 7 heteroatoms. The molecule has 2 heterocycles. The number of nitrogens with two attached hydrogens (primary N) is 1. The molecule has 104 valence electrons. The van der Waals surface area contributed by atoms with Gasteiger partial charge in [0.1, 0.15) is 6.10 Å². The number of rotatable bonds is 3. The third-order valence-corrected chi connectivity index (χ3v) is 3.40. The van der Waals surface area contributed by atoms with E-state index in [1.807, 2.05) is 0 Å². The SMILES string of the molecule is CN1CCOC(CN2CCOC(/C(N)=N/O)C2)C1. The van der Waals surface area contributed by atoms with Gasteiger partial charge in [-0.1, -0.05) is 5.16 Å². The van der Waals surface area contributed by atoms with E-state index in [4.69, 9.17) is 20.4 Å². The predicted octanol–water partition coefficient (Wildman–Crippen LogP) is -1.24. The number of likely N-dealkylation sites (N-methyl/N-ethyl adjacent to an activating group) is 1. The average molecular weight is 258 g/mol. The van der Waals surface area contributed by atoms with Crippen LogP contribution >= 0.6 is 0 Å². The molecule has 0 aromatic carbocycles. The Morgan fingerprint density at radius 3 is 2.83 bits per heavy atom. The van der Waals surface area contributed by atoms with E-state index in [2.05, 4.69) is 22.0 Å². The Balaban J connectivity index is 1.82. The van der Waals surface area contributed by atoms with Gasteiger partial charge in [0.15, 0.2) is 5.84 Å². The van der Waals surface area contributed by atoms with Crippen LogP contribution in [0.1, 0.15) is 0 Å². The highest BCUT2D eigenvalue weighted by atomic mass is 16.5. The van der Waals surface area contributed by atoms with Gasteiger partial charge in [-0.25, -0.2) is 0 Å². The maximum atomic E-state index is 8.66. The summed E-state index contributed by atoms with van der Waals surface area (Å²) in [5.74, 6) is 0.140. The second-order valence-corrected chi connectivity index (χ2v) is 4.90. The first-order chi connectivity index (χ1) is 8.69. The zero-order chi connectivity index (χ0) is 13.0. The summed E-state index contributed by atoms with van der Waals surface area (Å²) in [6.07, 6.45) is -0.0835. The van der Waals surface area contributed by atoms with Crippen molar-refractivity contribution in [1.29, 1.82) is 0 Å². The largest absolute Gasteiger partial charge is 0.409 e. The van der Waals surface area contributed by atoms with E-state index < -0.39 is 0 Å². The van der Waals surface area contributed by atoms with Gasteiger partial charge in [0.2, 0.25) is 0 Å². The molecule has 2 aliphatic rings. The fourth-order valence-corrected chi connectivity index (χ4v) is 2.38. The van der Waals surface area contributed by atoms with Crippen LogP contribution in [0.3, 0.4) is 0 Å². The first-order valence-electron chi connectivity index (χ1n) is 6.30. The number of hydrogen-bond donors (Lipinski definition) is 2. The number of ether oxygens (including phenoxy) is 2. The van der Waals surface area contributed by atoms with Crippen molar-refractivity contribution in [3.63, 3.8) is 0 Å². The highest BCUT2D eigenvalue weighted by Gasteiger charge is 2.27. The van der Waals surface area contributed by atoms with E-state index in [0.29, 0.717) is 13.2 Å². The van der Waals surface area contributed by atoms with E-state index in [-0.39, 0.29) is 18.0 Å². The molecule has 0 saturated carbocycles. The Morgan fingerprint density at radius 2 is 2.11 bits per heavy atom. The lowest BCUT2D eigenvalue weighted by Crippen LogP contribution is -2.53. The van der Waals surface area contributed by atoms with Crippen molar-refractivity contribution >= 4 is 5.84 Å². The summed E-state index contributed by atoms with van der Waals surface area (Å²) in [5.41, 5.74) is 5.57. The Kier molecular flexibility index (Phi) is 4.76. The number of morpholine rings is 2. The quantitative estimate of drug-likeness (QED) is 0.285. The molecule has 3 N–H and O–H groups in total. The molecule has 0 aliphatic carbocycles. The lowest BCUT2D eigenvalue weighted by atomic mass is 10.2. The second kappa shape index (κ2) is 6.33. The summed E-state index contributed by atoms with van der Waals surface area (Å²) < 4.78 is 11.2. The molecule has 0 amide bonds. The predicted molar refractivity (Wildman–Crippen MR) is 66.8 cm³/mol. The molecule has 0 spiro atoms. The Hall–Kier alpha value is -0.890. The maximum absolute atomic E-state index is 8.66. The third kappa shape index (κ3) is 3.55. The Bertz CT molecular complexity index is 300. The maximum Gasteiger partial charge on any atom is 0.169 e. The molecule has 2 unspecified atom stereocenters. The van der Waals surface area contributed by atoms with Crippen LogP contribution in [0, 0.1) is 0 Å². The minimum Gasteiger partial charge on any atom is -0.409 e. The third-order valence-electron chi connectivity index (χ3n) is 3.40. The zero-order valence-electron chi connectivity index (χ0n) is 10.8. The molecule has 0 aromatic rings. The Labute approximate surface area is 107 Å². The molecule has 2 rings (SSSR count). The van der Waals surface area contributed by atoms with Crippen LogP contribution in [-0.4, -0.2) is 86.0 Å². The smallest absolute Gasteiger partial charge is 0.169 e. The molecule has 18 heavy (non-hydrogen) atoms. The van der Waals surface area contributed by atoms with Crippen molar-refractivity contribution in [2.24, 2.45) is 10.9 Å². The fourth-order valence-electron chi connectivity index (χ4n) is 2.38. The van der Waals surface area contributed by atoms with Gasteiger partial charge < -0.3 is 25.3 Å². The Morgan fingerprint density at radius 1 is 1.33 bits per heavy atom. The van der Waals surface area contributed by atoms with E-state index in [1.165, 1.54) is 0 Å². The van der Waals surface area contributed by atoms with Crippen LogP contribution in [0.2, 0.25) is 0 Å². The van der Waals surface area contributed by atoms with Crippen molar-refractivity contribution < 1.29 is 14.7 Å². The summed E-state index contributed by atoms with van der Waals surface area (Å²) >= 11 is 0. The topological polar surface area (TPSA) is 83.5 Å². The van der Waals surface area contributed by atoms with Crippen molar-refractivity contribution in [1.82, 2.24) is 9.80 Å². The summed E-state index contributed by atoms with van der Waals surface area (Å²) in [5, 5.41) is 11.7. The van der Waals surface area contributed by atoms with Crippen molar-refractivity contribution in [2.75, 3.05) is 53.0 Å². The monoisotopic (exact) mass is 258 g/mol. The van der Waals surface area contributed by atoms with Gasteiger partial charge in [0.25, 0.3) is 0 Å². The van der Waals surface area contributed by atoms with Crippen LogP contribution in [0.15, 0.2) is 5.16 Å². The standard InChI is InChI=1S/C11H22N4O3/c1-14-2-4-17-9(6-14)7-15-3-5-18-10(8-15)11(12)13-16/h9-10,16H,2-8H2,1H3,(H2,12,13).